The van der Waals surface area contributed by atoms with Gasteiger partial charge in [0.25, 0.3) is 0 Å². The van der Waals surface area contributed by atoms with Crippen LogP contribution >= 0.6 is 15.9 Å². The number of nitrogens with one attached hydrogen (secondary N) is 1. The summed E-state index contributed by atoms with van der Waals surface area (Å²) in [4.78, 5) is 3.89. The van der Waals surface area contributed by atoms with Crippen molar-refractivity contribution in [2.75, 3.05) is 12.3 Å². The number of hydrogen-bond donors (Lipinski definition) is 2. The predicted molar refractivity (Wildman–Crippen MR) is 71.7 cm³/mol. The van der Waals surface area contributed by atoms with Crippen LogP contribution in [0.1, 0.15) is 5.89 Å². The summed E-state index contributed by atoms with van der Waals surface area (Å²) in [6, 6.07) is 4.59. The molecule has 0 fully saturated rings. The first kappa shape index (κ1) is 14.0. The van der Waals surface area contributed by atoms with E-state index in [1.165, 1.54) is 12.4 Å². The van der Waals surface area contributed by atoms with E-state index >= 15 is 0 Å². The summed E-state index contributed by atoms with van der Waals surface area (Å²) in [7, 11) is -3.63. The molecule has 2 rings (SSSR count). The number of benzene rings is 1. The summed E-state index contributed by atoms with van der Waals surface area (Å²) in [5, 5.41) is 3.43. The summed E-state index contributed by atoms with van der Waals surface area (Å²) in [6.07, 6.45) is 1.58. The quantitative estimate of drug-likeness (QED) is 0.779. The van der Waals surface area contributed by atoms with Crippen LogP contribution < -0.4 is 10.5 Å². The van der Waals surface area contributed by atoms with Crippen molar-refractivity contribution in [3.63, 3.8) is 0 Å². The second-order valence-electron chi connectivity index (χ2n) is 3.67. The van der Waals surface area contributed by atoms with Crippen LogP contribution in [0.5, 0.6) is 0 Å². The third-order valence-electron chi connectivity index (χ3n) is 2.28. The summed E-state index contributed by atoms with van der Waals surface area (Å²) in [5.74, 6) is 0.370. The molecule has 0 aliphatic heterocycles. The van der Waals surface area contributed by atoms with Gasteiger partial charge >= 0.3 is 0 Å². The molecule has 1 aromatic heterocycles. The van der Waals surface area contributed by atoms with Crippen LogP contribution in [0.25, 0.3) is 0 Å². The summed E-state index contributed by atoms with van der Waals surface area (Å²) < 4.78 is 31.8. The maximum absolute atomic E-state index is 12.1. The molecule has 0 amide bonds. The van der Waals surface area contributed by atoms with Crippen LogP contribution in [-0.4, -0.2) is 25.1 Å². The average molecular weight is 347 g/mol. The highest BCUT2D eigenvalue weighted by molar-refractivity contribution is 9.10. The van der Waals surface area contributed by atoms with Gasteiger partial charge < -0.3 is 10.3 Å². The number of anilines is 1. The maximum atomic E-state index is 12.1. The van der Waals surface area contributed by atoms with Crippen molar-refractivity contribution in [3.05, 3.63) is 34.9 Å². The smallest absolute Gasteiger partial charge is 0.241 e. The Balaban J connectivity index is 2.07. The molecule has 0 saturated carbocycles. The Morgan fingerprint density at radius 2 is 2.21 bits per heavy atom. The summed E-state index contributed by atoms with van der Waals surface area (Å²) in [6.45, 7) is 0.158. The van der Waals surface area contributed by atoms with Gasteiger partial charge in [0.1, 0.15) is 0 Å². The van der Waals surface area contributed by atoms with Gasteiger partial charge in [0.05, 0.1) is 4.90 Å². The lowest BCUT2D eigenvalue weighted by Gasteiger charge is -2.08. The lowest BCUT2D eigenvalue weighted by molar-refractivity contribution is 0.377. The summed E-state index contributed by atoms with van der Waals surface area (Å²) in [5.41, 5.74) is 5.96. The molecule has 102 valence electrons. The first-order chi connectivity index (χ1) is 8.99. The minimum Gasteiger partial charge on any atom is -0.399 e. The molecule has 9 heteroatoms. The van der Waals surface area contributed by atoms with E-state index in [1.54, 1.807) is 12.1 Å². The first-order valence-electron chi connectivity index (χ1n) is 5.29. The normalized spacial score (nSPS) is 11.6. The number of rotatable bonds is 5. The summed E-state index contributed by atoms with van der Waals surface area (Å²) >= 11 is 3.18. The highest BCUT2D eigenvalue weighted by Crippen LogP contribution is 2.23. The topological polar surface area (TPSA) is 111 Å². The lowest BCUT2D eigenvalue weighted by Crippen LogP contribution is -2.26. The van der Waals surface area contributed by atoms with Crippen molar-refractivity contribution in [2.45, 2.75) is 11.3 Å². The van der Waals surface area contributed by atoms with Gasteiger partial charge in [-0.25, -0.2) is 13.1 Å². The van der Waals surface area contributed by atoms with E-state index in [9.17, 15) is 8.42 Å². The SMILES string of the molecule is Nc1ccc(Br)c(S(=O)(=O)NCCc2ncno2)c1. The Hall–Kier alpha value is -1.45. The Morgan fingerprint density at radius 1 is 1.42 bits per heavy atom. The Bertz CT molecular complexity index is 657. The Kier molecular flexibility index (Phi) is 4.17. The van der Waals surface area contributed by atoms with Crippen LogP contribution in [0.2, 0.25) is 0 Å². The fourth-order valence-corrected chi connectivity index (χ4v) is 3.43. The van der Waals surface area contributed by atoms with Crippen molar-refractivity contribution >= 4 is 31.6 Å². The molecule has 0 radical (unpaired) electrons. The largest absolute Gasteiger partial charge is 0.399 e. The minimum atomic E-state index is -3.63. The van der Waals surface area contributed by atoms with Crippen LogP contribution in [-0.2, 0) is 16.4 Å². The molecule has 0 unspecified atom stereocenters. The third kappa shape index (κ3) is 3.52. The number of sulfonamides is 1. The monoisotopic (exact) mass is 346 g/mol. The van der Waals surface area contributed by atoms with Crippen molar-refractivity contribution in [1.29, 1.82) is 0 Å². The van der Waals surface area contributed by atoms with E-state index in [-0.39, 0.29) is 11.4 Å². The van der Waals surface area contributed by atoms with Crippen LogP contribution in [0, 0.1) is 0 Å². The van der Waals surface area contributed by atoms with Crippen molar-refractivity contribution in [2.24, 2.45) is 0 Å². The third-order valence-corrected chi connectivity index (χ3v) is 4.74. The molecular weight excluding hydrogens is 336 g/mol. The average Bonchev–Trinajstić information content (AvgIpc) is 2.85. The lowest BCUT2D eigenvalue weighted by atomic mass is 10.3. The molecule has 0 saturated heterocycles. The molecule has 2 aromatic rings. The first-order valence-corrected chi connectivity index (χ1v) is 7.57. The van der Waals surface area contributed by atoms with Gasteiger partial charge in [0, 0.05) is 23.1 Å². The molecule has 7 nitrogen and oxygen atoms in total. The molecule has 19 heavy (non-hydrogen) atoms. The zero-order chi connectivity index (χ0) is 13.9. The molecule has 1 heterocycles. The van der Waals surface area contributed by atoms with Gasteiger partial charge in [-0.05, 0) is 34.1 Å². The second-order valence-corrected chi connectivity index (χ2v) is 6.26. The van der Waals surface area contributed by atoms with E-state index in [1.807, 2.05) is 0 Å². The highest BCUT2D eigenvalue weighted by Gasteiger charge is 2.17. The molecule has 0 bridgehead atoms. The van der Waals surface area contributed by atoms with Crippen molar-refractivity contribution in [1.82, 2.24) is 14.9 Å². The number of halogens is 1. The number of aromatic nitrogens is 2. The highest BCUT2D eigenvalue weighted by atomic mass is 79.9. The van der Waals surface area contributed by atoms with Gasteiger partial charge in [0.15, 0.2) is 6.33 Å². The van der Waals surface area contributed by atoms with E-state index in [0.717, 1.165) is 0 Å². The molecule has 0 atom stereocenters. The Labute approximate surface area is 118 Å². The number of hydrogen-bond acceptors (Lipinski definition) is 6. The fourth-order valence-electron chi connectivity index (χ4n) is 1.40. The number of nitrogens with zero attached hydrogens (tertiary/aromatic N) is 2. The molecule has 0 spiro atoms. The maximum Gasteiger partial charge on any atom is 0.241 e. The van der Waals surface area contributed by atoms with Gasteiger partial charge in [-0.15, -0.1) is 0 Å². The van der Waals surface area contributed by atoms with Gasteiger partial charge in [-0.3, -0.25) is 0 Å². The standard InChI is InChI=1S/C10H11BrN4O3S/c11-8-2-1-7(12)5-9(8)19(16,17)15-4-3-10-13-6-14-18-10/h1-2,5-6,15H,3-4,12H2. The van der Waals surface area contributed by atoms with Crippen LogP contribution in [0.4, 0.5) is 5.69 Å². The van der Waals surface area contributed by atoms with E-state index in [4.69, 9.17) is 10.3 Å². The van der Waals surface area contributed by atoms with Crippen LogP contribution in [0.15, 0.2) is 38.4 Å². The fraction of sp³-hybridized carbons (Fsp3) is 0.200. The minimum absolute atomic E-state index is 0.0954. The molecular formula is C10H11BrN4O3S. The molecule has 0 aliphatic rings. The zero-order valence-corrected chi connectivity index (χ0v) is 12.1. The zero-order valence-electron chi connectivity index (χ0n) is 9.71. The number of nitrogens with two attached hydrogens (primary N) is 1. The van der Waals surface area contributed by atoms with Gasteiger partial charge in [-0.2, -0.15) is 4.98 Å². The van der Waals surface area contributed by atoms with Gasteiger partial charge in [-0.1, -0.05) is 5.16 Å². The Morgan fingerprint density at radius 3 is 2.89 bits per heavy atom. The molecule has 3 N–H and O–H groups in total. The van der Waals surface area contributed by atoms with Crippen molar-refractivity contribution < 1.29 is 12.9 Å². The van der Waals surface area contributed by atoms with Crippen molar-refractivity contribution in [3.8, 4) is 0 Å². The molecule has 1 aromatic carbocycles. The predicted octanol–water partition coefficient (Wildman–Crippen LogP) is 0.935. The van der Waals surface area contributed by atoms with Crippen LogP contribution in [0.3, 0.4) is 0 Å². The van der Waals surface area contributed by atoms with Gasteiger partial charge in [0.2, 0.25) is 15.9 Å². The second kappa shape index (κ2) is 5.68. The van der Waals surface area contributed by atoms with E-state index in [0.29, 0.717) is 22.5 Å². The molecule has 0 aliphatic carbocycles. The van der Waals surface area contributed by atoms with E-state index in [2.05, 4.69) is 30.8 Å². The van der Waals surface area contributed by atoms with E-state index < -0.39 is 10.0 Å². The number of nitrogen functional groups attached to an aromatic ring is 1.